The van der Waals surface area contributed by atoms with E-state index in [9.17, 15) is 0 Å². The molecule has 2 rings (SSSR count). The summed E-state index contributed by atoms with van der Waals surface area (Å²) in [5, 5.41) is 2.05. The molecule has 0 aliphatic heterocycles. The molecule has 0 bridgehead atoms. The van der Waals surface area contributed by atoms with Crippen LogP contribution in [0.4, 0.5) is 0 Å². The molecule has 20 heavy (non-hydrogen) atoms. The average Bonchev–Trinajstić information content (AvgIpc) is 2.98. The van der Waals surface area contributed by atoms with Crippen LogP contribution in [0.1, 0.15) is 23.8 Å². The molecule has 4 heteroatoms. The minimum atomic E-state index is 0.188. The van der Waals surface area contributed by atoms with Crippen LogP contribution in [0.25, 0.3) is 0 Å². The molecule has 108 valence electrons. The molecule has 0 amide bonds. The van der Waals surface area contributed by atoms with Crippen molar-refractivity contribution in [2.75, 3.05) is 7.11 Å². The van der Waals surface area contributed by atoms with E-state index in [-0.39, 0.29) is 6.04 Å². The molecule has 0 spiro atoms. The molecule has 0 radical (unpaired) electrons. The third-order valence-corrected chi connectivity index (χ3v) is 4.05. The first-order chi connectivity index (χ1) is 9.72. The van der Waals surface area contributed by atoms with Crippen LogP contribution in [0.3, 0.4) is 0 Å². The van der Waals surface area contributed by atoms with Crippen LogP contribution in [0.2, 0.25) is 0 Å². The normalized spacial score (nSPS) is 12.2. The van der Waals surface area contributed by atoms with Gasteiger partial charge in [-0.2, -0.15) is 0 Å². The first-order valence-corrected chi connectivity index (χ1v) is 7.68. The molecule has 0 fully saturated rings. The number of methoxy groups -OCH3 is 1. The number of ether oxygens (including phenoxy) is 2. The van der Waals surface area contributed by atoms with E-state index < -0.39 is 0 Å². The third-order valence-electron chi connectivity index (χ3n) is 3.20. The van der Waals surface area contributed by atoms with Gasteiger partial charge in [0, 0.05) is 10.9 Å². The predicted molar refractivity (Wildman–Crippen MR) is 83.6 cm³/mol. The maximum atomic E-state index is 6.01. The summed E-state index contributed by atoms with van der Waals surface area (Å²) in [4.78, 5) is 1.20. The third kappa shape index (κ3) is 3.99. The fourth-order valence-corrected chi connectivity index (χ4v) is 2.57. The largest absolute Gasteiger partial charge is 0.493 e. The minimum Gasteiger partial charge on any atom is -0.493 e. The zero-order chi connectivity index (χ0) is 14.4. The Labute approximate surface area is 124 Å². The van der Waals surface area contributed by atoms with Crippen molar-refractivity contribution in [3.05, 3.63) is 46.2 Å². The Bertz CT molecular complexity index is 525. The van der Waals surface area contributed by atoms with Crippen LogP contribution >= 0.6 is 11.3 Å². The Morgan fingerprint density at radius 2 is 2.10 bits per heavy atom. The Balaban J connectivity index is 2.09. The fourth-order valence-electron chi connectivity index (χ4n) is 1.95. The summed E-state index contributed by atoms with van der Waals surface area (Å²) >= 11 is 1.69. The van der Waals surface area contributed by atoms with Gasteiger partial charge in [0.2, 0.25) is 0 Å². The lowest BCUT2D eigenvalue weighted by molar-refractivity contribution is 0.287. The smallest absolute Gasteiger partial charge is 0.161 e. The van der Waals surface area contributed by atoms with E-state index >= 15 is 0 Å². The molecular weight excluding hydrogens is 270 g/mol. The second-order valence-corrected chi connectivity index (χ2v) is 5.76. The van der Waals surface area contributed by atoms with Gasteiger partial charge < -0.3 is 15.2 Å². The van der Waals surface area contributed by atoms with Gasteiger partial charge in [0.05, 0.1) is 7.11 Å². The zero-order valence-corrected chi connectivity index (χ0v) is 12.8. The summed E-state index contributed by atoms with van der Waals surface area (Å²) < 4.78 is 11.2. The van der Waals surface area contributed by atoms with Crippen molar-refractivity contribution in [3.8, 4) is 11.5 Å². The fraction of sp³-hybridized carbons (Fsp3) is 0.375. The molecule has 0 aliphatic carbocycles. The predicted octanol–water partition coefficient (Wildman–Crippen LogP) is 3.62. The van der Waals surface area contributed by atoms with Gasteiger partial charge in [0.15, 0.2) is 11.5 Å². The lowest BCUT2D eigenvalue weighted by atomic mass is 10.0. The van der Waals surface area contributed by atoms with Crippen molar-refractivity contribution >= 4 is 11.3 Å². The van der Waals surface area contributed by atoms with Gasteiger partial charge in [0.25, 0.3) is 0 Å². The number of hydrogen-bond donors (Lipinski definition) is 1. The van der Waals surface area contributed by atoms with E-state index in [0.717, 1.165) is 24.3 Å². The van der Waals surface area contributed by atoms with Gasteiger partial charge in [-0.25, -0.2) is 0 Å². The SMILES string of the molecule is CCC(N)Cc1ccc(OC)c(OCc2cccs2)c1. The molecule has 1 unspecified atom stereocenters. The second-order valence-electron chi connectivity index (χ2n) is 4.73. The van der Waals surface area contributed by atoms with E-state index in [1.807, 2.05) is 29.6 Å². The number of nitrogens with two attached hydrogens (primary N) is 1. The van der Waals surface area contributed by atoms with Crippen LogP contribution < -0.4 is 15.2 Å². The molecule has 0 saturated heterocycles. The van der Waals surface area contributed by atoms with Gasteiger partial charge in [0.1, 0.15) is 6.61 Å². The monoisotopic (exact) mass is 291 g/mol. The van der Waals surface area contributed by atoms with Crippen LogP contribution in [0.15, 0.2) is 35.7 Å². The van der Waals surface area contributed by atoms with E-state index in [4.69, 9.17) is 15.2 Å². The van der Waals surface area contributed by atoms with Gasteiger partial charge >= 0.3 is 0 Å². The molecule has 0 saturated carbocycles. The Hall–Kier alpha value is -1.52. The van der Waals surface area contributed by atoms with E-state index in [1.165, 1.54) is 10.4 Å². The molecule has 1 aromatic carbocycles. The van der Waals surface area contributed by atoms with Crippen molar-refractivity contribution in [2.45, 2.75) is 32.4 Å². The summed E-state index contributed by atoms with van der Waals surface area (Å²) in [6, 6.07) is 10.3. The van der Waals surface area contributed by atoms with Crippen molar-refractivity contribution in [3.63, 3.8) is 0 Å². The maximum absolute atomic E-state index is 6.01. The van der Waals surface area contributed by atoms with E-state index in [2.05, 4.69) is 13.0 Å². The highest BCUT2D eigenvalue weighted by molar-refractivity contribution is 7.09. The van der Waals surface area contributed by atoms with E-state index in [0.29, 0.717) is 6.61 Å². The first kappa shape index (κ1) is 14.9. The number of thiophene rings is 1. The summed E-state index contributed by atoms with van der Waals surface area (Å²) in [5.74, 6) is 1.54. The summed E-state index contributed by atoms with van der Waals surface area (Å²) in [7, 11) is 1.66. The van der Waals surface area contributed by atoms with Crippen molar-refractivity contribution < 1.29 is 9.47 Å². The standard InChI is InChI=1S/C16H21NO2S/c1-3-13(17)9-12-6-7-15(18-2)16(10-12)19-11-14-5-4-8-20-14/h4-8,10,13H,3,9,11,17H2,1-2H3. The van der Waals surface area contributed by atoms with Crippen LogP contribution in [0.5, 0.6) is 11.5 Å². The topological polar surface area (TPSA) is 44.5 Å². The summed E-state index contributed by atoms with van der Waals surface area (Å²) in [5.41, 5.74) is 7.19. The molecule has 2 aromatic rings. The van der Waals surface area contributed by atoms with Crippen LogP contribution in [-0.4, -0.2) is 13.2 Å². The molecule has 3 nitrogen and oxygen atoms in total. The summed E-state index contributed by atoms with van der Waals surface area (Å²) in [6.45, 7) is 2.67. The van der Waals surface area contributed by atoms with Gasteiger partial charge in [-0.15, -0.1) is 11.3 Å². The minimum absolute atomic E-state index is 0.188. The average molecular weight is 291 g/mol. The van der Waals surface area contributed by atoms with Crippen molar-refractivity contribution in [1.29, 1.82) is 0 Å². The number of benzene rings is 1. The number of hydrogen-bond acceptors (Lipinski definition) is 4. The maximum Gasteiger partial charge on any atom is 0.161 e. The van der Waals surface area contributed by atoms with Crippen molar-refractivity contribution in [1.82, 2.24) is 0 Å². The van der Waals surface area contributed by atoms with Crippen LogP contribution in [-0.2, 0) is 13.0 Å². The zero-order valence-electron chi connectivity index (χ0n) is 12.0. The highest BCUT2D eigenvalue weighted by atomic mass is 32.1. The van der Waals surface area contributed by atoms with Crippen LogP contribution in [0, 0.1) is 0 Å². The van der Waals surface area contributed by atoms with Gasteiger partial charge in [-0.3, -0.25) is 0 Å². The van der Waals surface area contributed by atoms with Gasteiger partial charge in [-0.1, -0.05) is 19.1 Å². The Morgan fingerprint density at radius 3 is 2.75 bits per heavy atom. The quantitative estimate of drug-likeness (QED) is 0.847. The molecule has 0 aliphatic rings. The Kier molecular flexibility index (Phi) is 5.44. The molecule has 1 aromatic heterocycles. The number of rotatable bonds is 7. The highest BCUT2D eigenvalue weighted by Crippen LogP contribution is 2.29. The van der Waals surface area contributed by atoms with Gasteiger partial charge in [-0.05, 0) is 42.0 Å². The molecule has 1 heterocycles. The lowest BCUT2D eigenvalue weighted by Crippen LogP contribution is -2.21. The molecule has 2 N–H and O–H groups in total. The Morgan fingerprint density at radius 1 is 1.25 bits per heavy atom. The highest BCUT2D eigenvalue weighted by Gasteiger charge is 2.09. The first-order valence-electron chi connectivity index (χ1n) is 6.80. The lowest BCUT2D eigenvalue weighted by Gasteiger charge is -2.13. The summed E-state index contributed by atoms with van der Waals surface area (Å²) in [6.07, 6.45) is 1.83. The second kappa shape index (κ2) is 7.31. The molecule has 1 atom stereocenters. The molecular formula is C16H21NO2S. The van der Waals surface area contributed by atoms with Crippen molar-refractivity contribution in [2.24, 2.45) is 5.73 Å². The van der Waals surface area contributed by atoms with E-state index in [1.54, 1.807) is 18.4 Å².